The van der Waals surface area contributed by atoms with Gasteiger partial charge >= 0.3 is 5.97 Å². The number of likely N-dealkylation sites (N-methyl/N-ethyl adjacent to an activating group) is 1. The second kappa shape index (κ2) is 23.9. The van der Waals surface area contributed by atoms with Gasteiger partial charge in [0, 0.05) is 13.0 Å². The smallest absolute Gasteiger partial charge is 0.306 e. The van der Waals surface area contributed by atoms with Crippen LogP contribution in [0.3, 0.4) is 0 Å². The first-order valence-corrected chi connectivity index (χ1v) is 19.2. The molecular formula is C34H64Cl2N2O6S. The Kier molecular flexibility index (Phi) is 22.7. The highest BCUT2D eigenvalue weighted by atomic mass is 35.5. The number of unbranched alkanes of at least 4 members (excludes halogenated alkanes) is 12. The minimum atomic E-state index is -1.38. The van der Waals surface area contributed by atoms with Crippen molar-refractivity contribution in [1.29, 1.82) is 0 Å². The highest BCUT2D eigenvalue weighted by molar-refractivity contribution is 7.99. The van der Waals surface area contributed by atoms with E-state index in [1.165, 1.54) is 76.0 Å². The SMILES string of the molecule is CCCCCCCCCCCCCCCC(=O)OC1C(O)[C@@H](O)[C@@H]([C@H](NC(=O)[C@@H]2C[C@@H](CCC)CN2C)C(C)Cl)O[C@@H]1SC.Cl. The maximum absolute atomic E-state index is 13.3. The molecule has 11 heteroatoms. The van der Waals surface area contributed by atoms with Crippen LogP contribution >= 0.6 is 35.8 Å². The molecule has 1 amide bonds. The number of thioether (sulfide) groups is 1. The van der Waals surface area contributed by atoms with Gasteiger partial charge in [-0.2, -0.15) is 0 Å². The quantitative estimate of drug-likeness (QED) is 0.0641. The standard InChI is InChI=1S/C34H63ClN2O6S.ClH/c1-6-8-9-10-11-12-13-14-15-16-17-18-19-21-27(38)42-32-30(40)29(39)31(43-34(32)44-5)28(24(3)35)36-33(41)26-22-25(20-7-2)23-37(26)4;/h24-26,28-32,34,39-40H,6-23H2,1-5H3,(H,36,41);1H/t24?,25-,26+,28-,29-,30?,31-,32?,34-;/m1./s1. The summed E-state index contributed by atoms with van der Waals surface area (Å²) in [5.74, 6) is -0.0742. The van der Waals surface area contributed by atoms with Crippen molar-refractivity contribution in [2.75, 3.05) is 19.8 Å². The second-order valence-electron chi connectivity index (χ2n) is 13.2. The Labute approximate surface area is 289 Å². The molecule has 0 radical (unpaired) electrons. The summed E-state index contributed by atoms with van der Waals surface area (Å²) in [4.78, 5) is 28.0. The molecule has 0 aromatic heterocycles. The normalized spacial score (nSPS) is 28.3. The molecule has 0 aromatic carbocycles. The number of alkyl halides is 1. The molecule has 2 rings (SSSR count). The van der Waals surface area contributed by atoms with E-state index in [4.69, 9.17) is 21.1 Å². The number of rotatable bonds is 22. The molecule has 2 heterocycles. The lowest BCUT2D eigenvalue weighted by molar-refractivity contribution is -0.218. The zero-order valence-corrected chi connectivity index (χ0v) is 31.0. The molecule has 3 N–H and O–H groups in total. The van der Waals surface area contributed by atoms with E-state index in [0.717, 1.165) is 45.1 Å². The molecule has 0 bridgehead atoms. The number of aliphatic hydroxyl groups excluding tert-OH is 2. The van der Waals surface area contributed by atoms with Gasteiger partial charge in [-0.05, 0) is 45.4 Å². The van der Waals surface area contributed by atoms with Crippen LogP contribution in [0.25, 0.3) is 0 Å². The fraction of sp³-hybridized carbons (Fsp3) is 0.941. The van der Waals surface area contributed by atoms with Gasteiger partial charge in [0.25, 0.3) is 0 Å². The molecule has 2 fully saturated rings. The number of amides is 1. The maximum Gasteiger partial charge on any atom is 0.306 e. The van der Waals surface area contributed by atoms with E-state index >= 15 is 0 Å². The molecule has 0 aromatic rings. The van der Waals surface area contributed by atoms with Crippen LogP contribution in [0.2, 0.25) is 0 Å². The van der Waals surface area contributed by atoms with Crippen LogP contribution in [-0.4, -0.2) is 94.2 Å². The van der Waals surface area contributed by atoms with E-state index < -0.39 is 47.2 Å². The summed E-state index contributed by atoms with van der Waals surface area (Å²) in [5, 5.41) is 24.6. The van der Waals surface area contributed by atoms with E-state index in [1.54, 1.807) is 13.2 Å². The highest BCUT2D eigenvalue weighted by Crippen LogP contribution is 2.33. The number of hydrogen-bond acceptors (Lipinski definition) is 8. The summed E-state index contributed by atoms with van der Waals surface area (Å²) < 4.78 is 11.9. The Bertz CT molecular complexity index is 811. The average Bonchev–Trinajstić information content (AvgIpc) is 3.36. The van der Waals surface area contributed by atoms with Crippen molar-refractivity contribution < 1.29 is 29.3 Å². The largest absolute Gasteiger partial charge is 0.456 e. The monoisotopic (exact) mass is 698 g/mol. The van der Waals surface area contributed by atoms with Crippen LogP contribution in [0.1, 0.15) is 130 Å². The summed E-state index contributed by atoms with van der Waals surface area (Å²) in [7, 11) is 1.95. The van der Waals surface area contributed by atoms with E-state index in [0.29, 0.717) is 5.92 Å². The molecule has 3 unspecified atom stereocenters. The zero-order valence-electron chi connectivity index (χ0n) is 28.6. The van der Waals surface area contributed by atoms with Gasteiger partial charge in [-0.15, -0.1) is 35.8 Å². The van der Waals surface area contributed by atoms with Gasteiger partial charge in [0.2, 0.25) is 5.91 Å². The minimum Gasteiger partial charge on any atom is -0.456 e. The fourth-order valence-corrected chi connectivity index (χ4v) is 7.65. The maximum atomic E-state index is 13.3. The lowest BCUT2D eigenvalue weighted by Crippen LogP contribution is -2.65. The topological polar surface area (TPSA) is 108 Å². The Morgan fingerprint density at radius 1 is 0.956 bits per heavy atom. The molecule has 266 valence electrons. The molecule has 0 spiro atoms. The Morgan fingerprint density at radius 2 is 1.51 bits per heavy atom. The van der Waals surface area contributed by atoms with Gasteiger partial charge < -0.3 is 25.0 Å². The lowest BCUT2D eigenvalue weighted by Gasteiger charge is -2.45. The summed E-state index contributed by atoms with van der Waals surface area (Å²) >= 11 is 7.82. The molecule has 9 atom stereocenters. The molecule has 8 nitrogen and oxygen atoms in total. The first-order chi connectivity index (χ1) is 21.1. The van der Waals surface area contributed by atoms with Crippen molar-refractivity contribution in [2.24, 2.45) is 5.92 Å². The van der Waals surface area contributed by atoms with Crippen LogP contribution in [0.4, 0.5) is 0 Å². The summed E-state index contributed by atoms with van der Waals surface area (Å²) in [6, 6.07) is -1.00. The number of likely N-dealkylation sites (tertiary alicyclic amines) is 1. The third-order valence-electron chi connectivity index (χ3n) is 9.36. The number of aliphatic hydroxyl groups is 2. The van der Waals surface area contributed by atoms with Gasteiger partial charge in [0.1, 0.15) is 23.7 Å². The number of esters is 1. The minimum absolute atomic E-state index is 0. The van der Waals surface area contributed by atoms with Gasteiger partial charge in [-0.25, -0.2) is 0 Å². The zero-order chi connectivity index (χ0) is 32.5. The predicted octanol–water partition coefficient (Wildman–Crippen LogP) is 6.84. The van der Waals surface area contributed by atoms with Crippen molar-refractivity contribution in [1.82, 2.24) is 10.2 Å². The van der Waals surface area contributed by atoms with E-state index in [-0.39, 0.29) is 30.8 Å². The summed E-state index contributed by atoms with van der Waals surface area (Å²) in [5.41, 5.74) is -0.702. The van der Waals surface area contributed by atoms with Crippen molar-refractivity contribution in [3.63, 3.8) is 0 Å². The van der Waals surface area contributed by atoms with Crippen LogP contribution in [0, 0.1) is 5.92 Å². The Balaban J connectivity index is 0.0000101. The Hall–Kier alpha value is -0.290. The van der Waals surface area contributed by atoms with E-state index in [2.05, 4.69) is 24.1 Å². The van der Waals surface area contributed by atoms with Crippen molar-refractivity contribution in [3.8, 4) is 0 Å². The third kappa shape index (κ3) is 14.8. The first-order valence-electron chi connectivity index (χ1n) is 17.5. The molecule has 0 saturated carbocycles. The van der Waals surface area contributed by atoms with Gasteiger partial charge in [-0.3, -0.25) is 14.5 Å². The number of hydrogen-bond donors (Lipinski definition) is 3. The van der Waals surface area contributed by atoms with Crippen molar-refractivity contribution in [3.05, 3.63) is 0 Å². The molecule has 0 aliphatic carbocycles. The van der Waals surface area contributed by atoms with Crippen molar-refractivity contribution in [2.45, 2.75) is 177 Å². The Morgan fingerprint density at radius 3 is 2.02 bits per heavy atom. The number of halogens is 2. The number of nitrogens with one attached hydrogen (secondary N) is 1. The van der Waals surface area contributed by atoms with Gasteiger partial charge in [0.05, 0.1) is 17.5 Å². The summed E-state index contributed by atoms with van der Waals surface area (Å²) in [6.07, 6.45) is 16.3. The number of ether oxygens (including phenoxy) is 2. The highest BCUT2D eigenvalue weighted by Gasteiger charge is 2.50. The molecular weight excluding hydrogens is 635 g/mol. The van der Waals surface area contributed by atoms with Gasteiger partial charge in [0.15, 0.2) is 6.10 Å². The van der Waals surface area contributed by atoms with E-state index in [9.17, 15) is 19.8 Å². The van der Waals surface area contributed by atoms with Gasteiger partial charge in [-0.1, -0.05) is 97.3 Å². The van der Waals surface area contributed by atoms with E-state index in [1.807, 2.05) is 7.05 Å². The van der Waals surface area contributed by atoms with Crippen molar-refractivity contribution >= 4 is 47.6 Å². The van der Waals surface area contributed by atoms with Crippen LogP contribution in [0.15, 0.2) is 0 Å². The molecule has 2 saturated heterocycles. The number of carbonyl (C=O) groups excluding carboxylic acids is 2. The molecule has 2 aliphatic rings. The van der Waals surface area contributed by atoms with Crippen LogP contribution < -0.4 is 5.32 Å². The summed E-state index contributed by atoms with van der Waals surface area (Å²) in [6.45, 7) is 7.01. The lowest BCUT2D eigenvalue weighted by atomic mass is 9.92. The molecule has 2 aliphatic heterocycles. The van der Waals surface area contributed by atoms with Crippen LogP contribution in [-0.2, 0) is 19.1 Å². The molecule has 45 heavy (non-hydrogen) atoms. The fourth-order valence-electron chi connectivity index (χ4n) is 6.72. The average molecular weight is 700 g/mol. The number of nitrogens with zero attached hydrogens (tertiary/aromatic N) is 1. The third-order valence-corrected chi connectivity index (χ3v) is 10.5. The van der Waals surface area contributed by atoms with Crippen LogP contribution in [0.5, 0.6) is 0 Å². The second-order valence-corrected chi connectivity index (χ2v) is 14.8. The first kappa shape index (κ1) is 42.7. The predicted molar refractivity (Wildman–Crippen MR) is 188 cm³/mol. The number of carbonyl (C=O) groups is 2.